The average molecular weight is 254 g/mol. The van der Waals surface area contributed by atoms with Crippen LogP contribution in [0.2, 0.25) is 0 Å². The third kappa shape index (κ3) is 3.68. The van der Waals surface area contributed by atoms with Gasteiger partial charge in [-0.3, -0.25) is 4.98 Å². The fourth-order valence-electron chi connectivity index (χ4n) is 1.73. The van der Waals surface area contributed by atoms with Crippen molar-refractivity contribution in [3.8, 4) is 0 Å². The van der Waals surface area contributed by atoms with Crippen LogP contribution >= 0.6 is 23.5 Å². The van der Waals surface area contributed by atoms with E-state index in [0.29, 0.717) is 6.04 Å². The summed E-state index contributed by atoms with van der Waals surface area (Å²) in [6, 6.07) is 4.59. The molecule has 1 aromatic heterocycles. The van der Waals surface area contributed by atoms with Gasteiger partial charge in [0.1, 0.15) is 0 Å². The summed E-state index contributed by atoms with van der Waals surface area (Å²) in [5, 5.41) is 4.39. The standard InChI is InChI=1S/C12H18N2S2/c1-10(11-2-4-13-5-3-11)14-8-12-9-15-6-7-16-12/h2-5,10,12,14H,6-9H2,1H3. The molecule has 0 spiro atoms. The second kappa shape index (κ2) is 6.52. The smallest absolute Gasteiger partial charge is 0.0293 e. The summed E-state index contributed by atoms with van der Waals surface area (Å²) >= 11 is 4.18. The van der Waals surface area contributed by atoms with E-state index in [4.69, 9.17) is 0 Å². The van der Waals surface area contributed by atoms with E-state index in [-0.39, 0.29) is 0 Å². The Morgan fingerprint density at radius 2 is 2.25 bits per heavy atom. The topological polar surface area (TPSA) is 24.9 Å². The predicted molar refractivity (Wildman–Crippen MR) is 74.2 cm³/mol. The Balaban J connectivity index is 1.77. The van der Waals surface area contributed by atoms with Gasteiger partial charge in [0.05, 0.1) is 0 Å². The molecular weight excluding hydrogens is 236 g/mol. The maximum absolute atomic E-state index is 4.04. The number of thioether (sulfide) groups is 2. The number of aromatic nitrogens is 1. The van der Waals surface area contributed by atoms with Gasteiger partial charge in [-0.05, 0) is 24.6 Å². The molecule has 2 unspecified atom stereocenters. The van der Waals surface area contributed by atoms with Crippen molar-refractivity contribution in [2.45, 2.75) is 18.2 Å². The van der Waals surface area contributed by atoms with Crippen LogP contribution in [-0.4, -0.2) is 34.0 Å². The van der Waals surface area contributed by atoms with E-state index < -0.39 is 0 Å². The van der Waals surface area contributed by atoms with Gasteiger partial charge < -0.3 is 5.32 Å². The van der Waals surface area contributed by atoms with E-state index in [1.54, 1.807) is 0 Å². The van der Waals surface area contributed by atoms with E-state index in [1.165, 1.54) is 22.8 Å². The van der Waals surface area contributed by atoms with E-state index in [2.05, 4.69) is 52.9 Å². The van der Waals surface area contributed by atoms with E-state index in [0.717, 1.165) is 11.8 Å². The van der Waals surface area contributed by atoms with Gasteiger partial charge in [0.25, 0.3) is 0 Å². The Labute approximate surface area is 106 Å². The molecule has 1 aromatic rings. The molecule has 1 aliphatic rings. The van der Waals surface area contributed by atoms with Gasteiger partial charge in [0.15, 0.2) is 0 Å². The lowest BCUT2D eigenvalue weighted by Gasteiger charge is -2.23. The molecule has 1 aliphatic heterocycles. The van der Waals surface area contributed by atoms with Crippen LogP contribution in [0, 0.1) is 0 Å². The van der Waals surface area contributed by atoms with Gasteiger partial charge in [0.2, 0.25) is 0 Å². The van der Waals surface area contributed by atoms with Crippen LogP contribution in [0.25, 0.3) is 0 Å². The molecule has 0 bridgehead atoms. The third-order valence-electron chi connectivity index (χ3n) is 2.74. The number of hydrogen-bond acceptors (Lipinski definition) is 4. The summed E-state index contributed by atoms with van der Waals surface area (Å²) in [5.74, 6) is 3.92. The average Bonchev–Trinajstić information content (AvgIpc) is 2.38. The summed E-state index contributed by atoms with van der Waals surface area (Å²) in [6.07, 6.45) is 3.72. The first-order chi connectivity index (χ1) is 7.86. The molecule has 2 rings (SSSR count). The van der Waals surface area contributed by atoms with Crippen LogP contribution in [0.15, 0.2) is 24.5 Å². The fraction of sp³-hybridized carbons (Fsp3) is 0.583. The molecule has 2 heterocycles. The van der Waals surface area contributed by atoms with Crippen LogP contribution in [0.5, 0.6) is 0 Å². The lowest BCUT2D eigenvalue weighted by atomic mass is 10.1. The molecule has 0 radical (unpaired) electrons. The highest BCUT2D eigenvalue weighted by molar-refractivity contribution is 8.06. The molecule has 0 aromatic carbocycles. The van der Waals surface area contributed by atoms with Gasteiger partial charge in [-0.15, -0.1) is 0 Å². The van der Waals surface area contributed by atoms with E-state index in [9.17, 15) is 0 Å². The van der Waals surface area contributed by atoms with Crippen molar-refractivity contribution in [3.63, 3.8) is 0 Å². The van der Waals surface area contributed by atoms with Crippen LogP contribution in [-0.2, 0) is 0 Å². The van der Waals surface area contributed by atoms with Crippen LogP contribution < -0.4 is 5.32 Å². The molecular formula is C12H18N2S2. The zero-order valence-electron chi connectivity index (χ0n) is 9.56. The van der Waals surface area contributed by atoms with E-state index >= 15 is 0 Å². The minimum atomic E-state index is 0.426. The number of pyridine rings is 1. The second-order valence-electron chi connectivity index (χ2n) is 3.98. The minimum absolute atomic E-state index is 0.426. The zero-order chi connectivity index (χ0) is 11.2. The minimum Gasteiger partial charge on any atom is -0.309 e. The summed E-state index contributed by atoms with van der Waals surface area (Å²) in [7, 11) is 0. The van der Waals surface area contributed by atoms with Crippen LogP contribution in [0.3, 0.4) is 0 Å². The Morgan fingerprint density at radius 3 is 2.94 bits per heavy atom. The molecule has 2 nitrogen and oxygen atoms in total. The molecule has 16 heavy (non-hydrogen) atoms. The number of hydrogen-bond donors (Lipinski definition) is 1. The molecule has 1 N–H and O–H groups in total. The lowest BCUT2D eigenvalue weighted by molar-refractivity contribution is 0.576. The monoisotopic (exact) mass is 254 g/mol. The summed E-state index contributed by atoms with van der Waals surface area (Å²) in [6.45, 7) is 3.33. The first-order valence-corrected chi connectivity index (χ1v) is 7.89. The fourth-order valence-corrected chi connectivity index (χ4v) is 4.36. The number of nitrogens with zero attached hydrogens (tertiary/aromatic N) is 1. The largest absolute Gasteiger partial charge is 0.309 e. The van der Waals surface area contributed by atoms with Crippen molar-refractivity contribution in [3.05, 3.63) is 30.1 Å². The van der Waals surface area contributed by atoms with Gasteiger partial charge in [0, 0.05) is 47.5 Å². The molecule has 0 aliphatic carbocycles. The van der Waals surface area contributed by atoms with Crippen molar-refractivity contribution in [2.75, 3.05) is 23.8 Å². The SMILES string of the molecule is CC(NCC1CSCCS1)c1ccncc1. The quantitative estimate of drug-likeness (QED) is 0.893. The Morgan fingerprint density at radius 1 is 1.44 bits per heavy atom. The highest BCUT2D eigenvalue weighted by Crippen LogP contribution is 2.24. The molecule has 88 valence electrons. The van der Waals surface area contributed by atoms with Crippen molar-refractivity contribution in [1.29, 1.82) is 0 Å². The van der Waals surface area contributed by atoms with Crippen molar-refractivity contribution in [1.82, 2.24) is 10.3 Å². The third-order valence-corrected chi connectivity index (χ3v) is 5.59. The molecule has 1 fully saturated rings. The number of nitrogens with one attached hydrogen (secondary N) is 1. The first-order valence-electron chi connectivity index (χ1n) is 5.69. The van der Waals surface area contributed by atoms with Crippen molar-refractivity contribution >= 4 is 23.5 Å². The molecule has 2 atom stereocenters. The second-order valence-corrected chi connectivity index (χ2v) is 6.54. The van der Waals surface area contributed by atoms with Crippen LogP contribution in [0.4, 0.5) is 0 Å². The summed E-state index contributed by atoms with van der Waals surface area (Å²) in [5.41, 5.74) is 1.32. The Hall–Kier alpha value is -0.190. The maximum atomic E-state index is 4.04. The normalized spacial score (nSPS) is 22.9. The van der Waals surface area contributed by atoms with Gasteiger partial charge in [-0.25, -0.2) is 0 Å². The van der Waals surface area contributed by atoms with Gasteiger partial charge in [-0.2, -0.15) is 23.5 Å². The molecule has 0 amide bonds. The van der Waals surface area contributed by atoms with E-state index in [1.807, 2.05) is 12.4 Å². The highest BCUT2D eigenvalue weighted by Gasteiger charge is 2.15. The van der Waals surface area contributed by atoms with Crippen molar-refractivity contribution < 1.29 is 0 Å². The summed E-state index contributed by atoms with van der Waals surface area (Å²) < 4.78 is 0. The predicted octanol–water partition coefficient (Wildman–Crippen LogP) is 2.58. The number of rotatable bonds is 4. The Kier molecular flexibility index (Phi) is 5.00. The first kappa shape index (κ1) is 12.3. The molecule has 4 heteroatoms. The summed E-state index contributed by atoms with van der Waals surface area (Å²) in [4.78, 5) is 4.04. The van der Waals surface area contributed by atoms with Gasteiger partial charge >= 0.3 is 0 Å². The van der Waals surface area contributed by atoms with Crippen molar-refractivity contribution in [2.24, 2.45) is 0 Å². The highest BCUT2D eigenvalue weighted by atomic mass is 32.2. The molecule has 1 saturated heterocycles. The van der Waals surface area contributed by atoms with Gasteiger partial charge in [-0.1, -0.05) is 0 Å². The maximum Gasteiger partial charge on any atom is 0.0293 e. The van der Waals surface area contributed by atoms with Crippen LogP contribution in [0.1, 0.15) is 18.5 Å². The molecule has 0 saturated carbocycles. The lowest BCUT2D eigenvalue weighted by Crippen LogP contribution is -2.30. The Bertz CT molecular complexity index is 299. The zero-order valence-corrected chi connectivity index (χ0v) is 11.2.